The van der Waals surface area contributed by atoms with Crippen LogP contribution in [-0.4, -0.2) is 35.2 Å². The highest BCUT2D eigenvalue weighted by Gasteiger charge is 2.74. The first-order chi connectivity index (χ1) is 14.4. The van der Waals surface area contributed by atoms with Gasteiger partial charge in [0.2, 0.25) is 17.7 Å². The highest BCUT2D eigenvalue weighted by atomic mass is 35.5. The maximum absolute atomic E-state index is 13.8. The molecule has 0 bridgehead atoms. The van der Waals surface area contributed by atoms with E-state index in [1.54, 1.807) is 30.3 Å². The van der Waals surface area contributed by atoms with E-state index in [9.17, 15) is 14.4 Å². The number of aryl methyl sites for hydroxylation is 1. The minimum Gasteiger partial charge on any atom is -0.324 e. The van der Waals surface area contributed by atoms with E-state index < -0.39 is 17.4 Å². The van der Waals surface area contributed by atoms with Gasteiger partial charge in [0.05, 0.1) is 17.5 Å². The van der Waals surface area contributed by atoms with E-state index in [0.29, 0.717) is 28.5 Å². The zero-order valence-corrected chi connectivity index (χ0v) is 17.1. The van der Waals surface area contributed by atoms with Gasteiger partial charge in [-0.05, 0) is 56.6 Å². The second-order valence-electron chi connectivity index (χ2n) is 8.66. The van der Waals surface area contributed by atoms with Crippen molar-refractivity contribution in [3.05, 3.63) is 58.6 Å². The number of hydrogen-bond donors (Lipinski definition) is 1. The van der Waals surface area contributed by atoms with Crippen LogP contribution in [0.3, 0.4) is 0 Å². The van der Waals surface area contributed by atoms with Gasteiger partial charge < -0.3 is 5.32 Å². The molecular weight excluding hydrogens is 402 g/mol. The summed E-state index contributed by atoms with van der Waals surface area (Å²) < 4.78 is 0. The molecule has 3 saturated heterocycles. The summed E-state index contributed by atoms with van der Waals surface area (Å²) in [6, 6.07) is 12.5. The molecule has 30 heavy (non-hydrogen) atoms. The normalized spacial score (nSPS) is 32.0. The van der Waals surface area contributed by atoms with Gasteiger partial charge in [0.15, 0.2) is 0 Å². The molecule has 1 spiro atoms. The Balaban J connectivity index is 1.56. The molecule has 2 aromatic rings. The predicted molar refractivity (Wildman–Crippen MR) is 112 cm³/mol. The summed E-state index contributed by atoms with van der Waals surface area (Å²) in [6.45, 7) is 2.64. The zero-order valence-electron chi connectivity index (χ0n) is 16.4. The second-order valence-corrected chi connectivity index (χ2v) is 9.10. The number of fused-ring (bicyclic) bond motifs is 7. The Bertz CT molecular complexity index is 1130. The van der Waals surface area contributed by atoms with Gasteiger partial charge in [-0.1, -0.05) is 29.3 Å². The van der Waals surface area contributed by atoms with Gasteiger partial charge in [-0.2, -0.15) is 0 Å². The lowest BCUT2D eigenvalue weighted by Crippen LogP contribution is -2.54. The lowest BCUT2D eigenvalue weighted by molar-refractivity contribution is -0.135. The van der Waals surface area contributed by atoms with Crippen LogP contribution in [0.5, 0.6) is 0 Å². The number of benzene rings is 2. The van der Waals surface area contributed by atoms with Crippen LogP contribution in [0.2, 0.25) is 5.02 Å². The minimum atomic E-state index is -1.18. The number of imide groups is 1. The fourth-order valence-electron chi connectivity index (χ4n) is 6.12. The molecule has 3 amide bonds. The fourth-order valence-corrected chi connectivity index (χ4v) is 6.30. The van der Waals surface area contributed by atoms with E-state index in [1.807, 2.05) is 19.1 Å². The molecule has 4 heterocycles. The highest BCUT2D eigenvalue weighted by molar-refractivity contribution is 6.31. The number of rotatable bonds is 1. The standard InChI is InChI=1S/C23H20ClN3O3/c1-12-4-7-14(8-5-12)27-20(28)18-17-3-2-10-26(17)23(19(18)21(27)29)15-11-13(24)6-9-16(15)25-22(23)30/h4-9,11,17-19H,2-3,10H2,1H3,(H,25,30)/t17-,18+,19-,23-/m0/s1. The number of carbonyl (C=O) groups is 3. The smallest absolute Gasteiger partial charge is 0.250 e. The third kappa shape index (κ3) is 2.01. The van der Waals surface area contributed by atoms with E-state index >= 15 is 0 Å². The van der Waals surface area contributed by atoms with Crippen molar-refractivity contribution in [2.24, 2.45) is 11.8 Å². The first-order valence-corrected chi connectivity index (χ1v) is 10.6. The summed E-state index contributed by atoms with van der Waals surface area (Å²) in [5.41, 5.74) is 1.82. The van der Waals surface area contributed by atoms with Crippen molar-refractivity contribution in [3.63, 3.8) is 0 Å². The Kier molecular flexibility index (Phi) is 3.58. The minimum absolute atomic E-state index is 0.127. The number of nitrogens with one attached hydrogen (secondary N) is 1. The summed E-state index contributed by atoms with van der Waals surface area (Å²) in [5.74, 6) is -2.02. The maximum Gasteiger partial charge on any atom is 0.250 e. The molecule has 0 radical (unpaired) electrons. The van der Waals surface area contributed by atoms with Gasteiger partial charge in [-0.15, -0.1) is 0 Å². The molecule has 0 unspecified atom stereocenters. The van der Waals surface area contributed by atoms with Crippen LogP contribution in [0, 0.1) is 18.8 Å². The van der Waals surface area contributed by atoms with E-state index in [-0.39, 0.29) is 23.8 Å². The fraction of sp³-hybridized carbons (Fsp3) is 0.348. The van der Waals surface area contributed by atoms with Crippen LogP contribution in [0.15, 0.2) is 42.5 Å². The quantitative estimate of drug-likeness (QED) is 0.718. The third-order valence-electron chi connectivity index (χ3n) is 7.25. The topological polar surface area (TPSA) is 69.7 Å². The molecule has 1 N–H and O–H groups in total. The van der Waals surface area contributed by atoms with E-state index in [1.165, 1.54) is 4.90 Å². The Morgan fingerprint density at radius 1 is 1.07 bits per heavy atom. The largest absolute Gasteiger partial charge is 0.324 e. The third-order valence-corrected chi connectivity index (χ3v) is 7.48. The van der Waals surface area contributed by atoms with Crippen molar-refractivity contribution in [2.75, 3.05) is 16.8 Å². The summed E-state index contributed by atoms with van der Waals surface area (Å²) in [5, 5.41) is 3.47. The summed E-state index contributed by atoms with van der Waals surface area (Å²) >= 11 is 6.30. The number of hydrogen-bond acceptors (Lipinski definition) is 4. The molecule has 4 aliphatic rings. The number of anilines is 2. The highest BCUT2D eigenvalue weighted by Crippen LogP contribution is 2.60. The van der Waals surface area contributed by atoms with Crippen molar-refractivity contribution < 1.29 is 14.4 Å². The molecule has 0 aromatic heterocycles. The molecule has 6 nitrogen and oxygen atoms in total. The van der Waals surface area contributed by atoms with E-state index in [2.05, 4.69) is 10.2 Å². The van der Waals surface area contributed by atoms with Crippen LogP contribution in [0.1, 0.15) is 24.0 Å². The Hall–Kier alpha value is -2.70. The lowest BCUT2D eigenvalue weighted by Gasteiger charge is -2.36. The van der Waals surface area contributed by atoms with Gasteiger partial charge in [0.25, 0.3) is 0 Å². The summed E-state index contributed by atoms with van der Waals surface area (Å²) in [7, 11) is 0. The monoisotopic (exact) mass is 421 g/mol. The second kappa shape index (κ2) is 5.93. The molecular formula is C23H20ClN3O3. The number of carbonyl (C=O) groups excluding carboxylic acids is 3. The molecule has 7 heteroatoms. The molecule has 4 atom stereocenters. The average Bonchev–Trinajstić information content (AvgIpc) is 3.42. The maximum atomic E-state index is 13.8. The predicted octanol–water partition coefficient (Wildman–Crippen LogP) is 3.08. The van der Waals surface area contributed by atoms with Crippen molar-refractivity contribution in [1.29, 1.82) is 0 Å². The Labute approximate surface area is 178 Å². The number of amides is 3. The lowest BCUT2D eigenvalue weighted by atomic mass is 9.75. The molecule has 0 saturated carbocycles. The molecule has 152 valence electrons. The van der Waals surface area contributed by atoms with Gasteiger partial charge in [0, 0.05) is 22.3 Å². The van der Waals surface area contributed by atoms with Gasteiger partial charge in [0.1, 0.15) is 5.54 Å². The first kappa shape index (κ1) is 18.1. The average molecular weight is 422 g/mol. The van der Waals surface area contributed by atoms with Gasteiger partial charge >= 0.3 is 0 Å². The molecule has 0 aliphatic carbocycles. The van der Waals surface area contributed by atoms with Crippen LogP contribution in [0.4, 0.5) is 11.4 Å². The van der Waals surface area contributed by atoms with Gasteiger partial charge in [-0.3, -0.25) is 19.3 Å². The van der Waals surface area contributed by atoms with Crippen LogP contribution in [-0.2, 0) is 19.9 Å². The van der Waals surface area contributed by atoms with Crippen molar-refractivity contribution in [3.8, 4) is 0 Å². The van der Waals surface area contributed by atoms with Crippen LogP contribution in [0.25, 0.3) is 0 Å². The summed E-state index contributed by atoms with van der Waals surface area (Å²) in [6.07, 6.45) is 1.69. The van der Waals surface area contributed by atoms with Crippen molar-refractivity contribution >= 4 is 40.7 Å². The Morgan fingerprint density at radius 3 is 2.60 bits per heavy atom. The molecule has 4 aliphatic heterocycles. The molecule has 3 fully saturated rings. The first-order valence-electron chi connectivity index (χ1n) is 10.3. The van der Waals surface area contributed by atoms with E-state index in [4.69, 9.17) is 11.6 Å². The van der Waals surface area contributed by atoms with Crippen molar-refractivity contribution in [2.45, 2.75) is 31.3 Å². The Morgan fingerprint density at radius 2 is 1.83 bits per heavy atom. The van der Waals surface area contributed by atoms with Gasteiger partial charge in [-0.25, -0.2) is 4.90 Å². The molecule has 6 rings (SSSR count). The van der Waals surface area contributed by atoms with Crippen LogP contribution < -0.4 is 10.2 Å². The van der Waals surface area contributed by atoms with E-state index in [0.717, 1.165) is 18.4 Å². The molecule has 2 aromatic carbocycles. The zero-order chi connectivity index (χ0) is 20.8. The summed E-state index contributed by atoms with van der Waals surface area (Å²) in [4.78, 5) is 44.3. The van der Waals surface area contributed by atoms with Crippen molar-refractivity contribution in [1.82, 2.24) is 4.90 Å². The van der Waals surface area contributed by atoms with Crippen LogP contribution >= 0.6 is 11.6 Å². The SMILES string of the molecule is Cc1ccc(N2C(=O)[C@H]3[C@@H](C2=O)[C@@]2(C(=O)Nc4ccc(Cl)cc42)N2CCC[C@@H]32)cc1. The number of nitrogens with zero attached hydrogens (tertiary/aromatic N) is 2. The number of halogens is 1.